The summed E-state index contributed by atoms with van der Waals surface area (Å²) in [5.74, 6) is 0.329. The van der Waals surface area contributed by atoms with Crippen LogP contribution in [0, 0.1) is 12.7 Å². The van der Waals surface area contributed by atoms with Gasteiger partial charge in [-0.2, -0.15) is 0 Å². The molecule has 162 valence electrons. The van der Waals surface area contributed by atoms with Gasteiger partial charge in [0, 0.05) is 54.9 Å². The number of fused-ring (bicyclic) bond motifs is 1. The Hall–Kier alpha value is -3.62. The van der Waals surface area contributed by atoms with Gasteiger partial charge in [0.15, 0.2) is 5.78 Å². The number of Topliss-reactive ketones (excluding diaryl/α,β-unsaturated/α-hetero) is 1. The number of hydrogen-bond acceptors (Lipinski definition) is 5. The standard InChI is InChI=1S/C24H23FN6O/c1-15-27-7-8-30(15)18-5-6-19(20(25)10-18)21-11-23(32)24-22(13-28-21)29-14-31(24)17-4-2-3-16(9-17)12-26/h2-10,14,21,28H,11-13,26H2,1H3. The molecule has 1 unspecified atom stereocenters. The van der Waals surface area contributed by atoms with E-state index in [9.17, 15) is 4.79 Å². The number of aromatic nitrogens is 4. The van der Waals surface area contributed by atoms with Crippen molar-refractivity contribution in [3.8, 4) is 11.4 Å². The van der Waals surface area contributed by atoms with Crippen LogP contribution in [0.15, 0.2) is 61.2 Å². The topological polar surface area (TPSA) is 90.8 Å². The number of nitrogens with one attached hydrogen (secondary N) is 1. The molecule has 5 rings (SSSR count). The van der Waals surface area contributed by atoms with Gasteiger partial charge in [0.05, 0.1) is 5.69 Å². The number of imidazole rings is 2. The minimum absolute atomic E-state index is 0.0837. The van der Waals surface area contributed by atoms with Crippen LogP contribution in [-0.2, 0) is 13.1 Å². The second kappa shape index (κ2) is 8.14. The molecule has 0 radical (unpaired) electrons. The van der Waals surface area contributed by atoms with E-state index in [0.717, 1.165) is 17.1 Å². The Morgan fingerprint density at radius 3 is 2.75 bits per heavy atom. The van der Waals surface area contributed by atoms with Gasteiger partial charge in [-0.15, -0.1) is 0 Å². The lowest BCUT2D eigenvalue weighted by Crippen LogP contribution is -2.22. The maximum Gasteiger partial charge on any atom is 0.183 e. The fraction of sp³-hybridized carbons (Fsp3) is 0.208. The van der Waals surface area contributed by atoms with Crippen molar-refractivity contribution in [3.63, 3.8) is 0 Å². The first-order chi connectivity index (χ1) is 15.5. The van der Waals surface area contributed by atoms with Crippen LogP contribution < -0.4 is 11.1 Å². The van der Waals surface area contributed by atoms with E-state index in [1.54, 1.807) is 29.4 Å². The van der Waals surface area contributed by atoms with Crippen LogP contribution in [0.3, 0.4) is 0 Å². The SMILES string of the molecule is Cc1nccn1-c1ccc(C2CC(=O)c3c(ncn3-c3cccc(CN)c3)CN2)c(F)c1. The third-order valence-electron chi connectivity index (χ3n) is 5.90. The van der Waals surface area contributed by atoms with Gasteiger partial charge in [-0.1, -0.05) is 18.2 Å². The number of halogens is 1. The van der Waals surface area contributed by atoms with E-state index in [2.05, 4.69) is 15.3 Å². The van der Waals surface area contributed by atoms with E-state index in [1.807, 2.05) is 41.8 Å². The molecule has 32 heavy (non-hydrogen) atoms. The molecule has 2 aromatic carbocycles. The van der Waals surface area contributed by atoms with Crippen LogP contribution in [0.5, 0.6) is 0 Å². The number of nitrogens with two attached hydrogens (primary N) is 1. The van der Waals surface area contributed by atoms with Crippen molar-refractivity contribution < 1.29 is 9.18 Å². The minimum atomic E-state index is -0.446. The summed E-state index contributed by atoms with van der Waals surface area (Å²) in [7, 11) is 0. The monoisotopic (exact) mass is 430 g/mol. The van der Waals surface area contributed by atoms with E-state index >= 15 is 4.39 Å². The van der Waals surface area contributed by atoms with Crippen LogP contribution in [-0.4, -0.2) is 24.9 Å². The summed E-state index contributed by atoms with van der Waals surface area (Å²) in [4.78, 5) is 21.9. The van der Waals surface area contributed by atoms with Crippen molar-refractivity contribution in [1.29, 1.82) is 0 Å². The Kier molecular flexibility index (Phi) is 5.16. The van der Waals surface area contributed by atoms with E-state index < -0.39 is 6.04 Å². The molecule has 0 aliphatic carbocycles. The van der Waals surface area contributed by atoms with E-state index in [-0.39, 0.29) is 18.0 Å². The van der Waals surface area contributed by atoms with Gasteiger partial charge in [-0.25, -0.2) is 14.4 Å². The quantitative estimate of drug-likeness (QED) is 0.518. The number of benzene rings is 2. The maximum atomic E-state index is 15.1. The van der Waals surface area contributed by atoms with Gasteiger partial charge in [0.1, 0.15) is 23.7 Å². The van der Waals surface area contributed by atoms with Gasteiger partial charge < -0.3 is 15.6 Å². The van der Waals surface area contributed by atoms with Crippen LogP contribution in [0.4, 0.5) is 4.39 Å². The van der Waals surface area contributed by atoms with E-state index in [0.29, 0.717) is 35.7 Å². The summed E-state index contributed by atoms with van der Waals surface area (Å²) in [5.41, 5.74) is 9.90. The molecule has 1 atom stereocenters. The first-order valence-electron chi connectivity index (χ1n) is 10.5. The average Bonchev–Trinajstić information content (AvgIpc) is 3.39. The van der Waals surface area contributed by atoms with Crippen molar-refractivity contribution in [2.45, 2.75) is 32.5 Å². The molecule has 1 aliphatic rings. The molecule has 8 heteroatoms. The maximum absolute atomic E-state index is 15.1. The van der Waals surface area contributed by atoms with Crippen molar-refractivity contribution in [1.82, 2.24) is 24.4 Å². The zero-order chi connectivity index (χ0) is 22.2. The number of hydrogen-bond donors (Lipinski definition) is 2. The predicted octanol–water partition coefficient (Wildman–Crippen LogP) is 3.38. The lowest BCUT2D eigenvalue weighted by Gasteiger charge is -2.17. The zero-order valence-corrected chi connectivity index (χ0v) is 17.6. The number of carbonyl (C=O) groups is 1. The Balaban J connectivity index is 1.44. The number of carbonyl (C=O) groups excluding carboxylic acids is 1. The van der Waals surface area contributed by atoms with Gasteiger partial charge in [-0.05, 0) is 36.8 Å². The Morgan fingerprint density at radius 2 is 2.00 bits per heavy atom. The number of aryl methyl sites for hydroxylation is 1. The second-order valence-corrected chi connectivity index (χ2v) is 7.89. The average molecular weight is 430 g/mol. The molecule has 2 aromatic heterocycles. The number of ketones is 1. The molecular weight excluding hydrogens is 407 g/mol. The predicted molar refractivity (Wildman–Crippen MR) is 118 cm³/mol. The first-order valence-corrected chi connectivity index (χ1v) is 10.5. The molecule has 0 fully saturated rings. The third-order valence-corrected chi connectivity index (χ3v) is 5.90. The first kappa shape index (κ1) is 20.3. The number of rotatable bonds is 4. The van der Waals surface area contributed by atoms with Crippen LogP contribution in [0.25, 0.3) is 11.4 Å². The highest BCUT2D eigenvalue weighted by Crippen LogP contribution is 2.29. The molecule has 0 saturated heterocycles. The highest BCUT2D eigenvalue weighted by Gasteiger charge is 2.29. The Bertz CT molecular complexity index is 1310. The fourth-order valence-corrected chi connectivity index (χ4v) is 4.23. The highest BCUT2D eigenvalue weighted by molar-refractivity contribution is 5.97. The molecule has 1 aliphatic heterocycles. The van der Waals surface area contributed by atoms with Gasteiger partial charge in [0.2, 0.25) is 0 Å². The van der Waals surface area contributed by atoms with Crippen molar-refractivity contribution in [3.05, 3.63) is 95.3 Å². The summed E-state index contributed by atoms with van der Waals surface area (Å²) >= 11 is 0. The van der Waals surface area contributed by atoms with Crippen LogP contribution >= 0.6 is 0 Å². The van der Waals surface area contributed by atoms with Gasteiger partial charge in [0.25, 0.3) is 0 Å². The molecular formula is C24H23FN6O. The van der Waals surface area contributed by atoms with Crippen LogP contribution in [0.1, 0.15) is 45.6 Å². The van der Waals surface area contributed by atoms with E-state index in [1.165, 1.54) is 6.07 Å². The Labute approximate surface area is 184 Å². The summed E-state index contributed by atoms with van der Waals surface area (Å²) in [5, 5.41) is 3.30. The normalized spacial score (nSPS) is 16.1. The van der Waals surface area contributed by atoms with Gasteiger partial charge in [-0.3, -0.25) is 9.36 Å². The lowest BCUT2D eigenvalue weighted by molar-refractivity contribution is 0.0966. The smallest absolute Gasteiger partial charge is 0.183 e. The molecule has 0 saturated carbocycles. The summed E-state index contributed by atoms with van der Waals surface area (Å²) in [6.45, 7) is 2.65. The van der Waals surface area contributed by atoms with Crippen molar-refractivity contribution in [2.75, 3.05) is 0 Å². The van der Waals surface area contributed by atoms with Crippen molar-refractivity contribution >= 4 is 5.78 Å². The second-order valence-electron chi connectivity index (χ2n) is 7.89. The zero-order valence-electron chi connectivity index (χ0n) is 17.6. The van der Waals surface area contributed by atoms with E-state index in [4.69, 9.17) is 5.73 Å². The fourth-order valence-electron chi connectivity index (χ4n) is 4.23. The molecule has 0 amide bonds. The highest BCUT2D eigenvalue weighted by atomic mass is 19.1. The molecule has 0 bridgehead atoms. The summed E-state index contributed by atoms with van der Waals surface area (Å²) in [6.07, 6.45) is 5.26. The van der Waals surface area contributed by atoms with Crippen molar-refractivity contribution in [2.24, 2.45) is 5.73 Å². The minimum Gasteiger partial charge on any atom is -0.326 e. The Morgan fingerprint density at radius 1 is 1.16 bits per heavy atom. The molecule has 3 heterocycles. The molecule has 0 spiro atoms. The molecule has 4 aromatic rings. The van der Waals surface area contributed by atoms with Gasteiger partial charge >= 0.3 is 0 Å². The molecule has 3 N–H and O–H groups in total. The lowest BCUT2D eigenvalue weighted by atomic mass is 10.00. The summed E-state index contributed by atoms with van der Waals surface area (Å²) in [6, 6.07) is 12.3. The number of nitrogens with zero attached hydrogens (tertiary/aromatic N) is 4. The molecule has 7 nitrogen and oxygen atoms in total. The summed E-state index contributed by atoms with van der Waals surface area (Å²) < 4.78 is 18.7. The third kappa shape index (κ3) is 3.53. The van der Waals surface area contributed by atoms with Crippen LogP contribution in [0.2, 0.25) is 0 Å². The largest absolute Gasteiger partial charge is 0.326 e.